The van der Waals surface area contributed by atoms with Gasteiger partial charge in [0.25, 0.3) is 0 Å². The van der Waals surface area contributed by atoms with Crippen molar-refractivity contribution in [1.82, 2.24) is 4.31 Å². The Labute approximate surface area is 159 Å². The predicted molar refractivity (Wildman–Crippen MR) is 103 cm³/mol. The summed E-state index contributed by atoms with van der Waals surface area (Å²) in [4.78, 5) is 12.7. The quantitative estimate of drug-likeness (QED) is 0.838. The van der Waals surface area contributed by atoms with Crippen LogP contribution in [0.2, 0.25) is 5.02 Å². The highest BCUT2D eigenvalue weighted by Gasteiger charge is 2.34. The molecule has 1 aliphatic heterocycles. The largest absolute Gasteiger partial charge is 0.326 e. The molecule has 5 nitrogen and oxygen atoms in total. The summed E-state index contributed by atoms with van der Waals surface area (Å²) in [7, 11) is -3.60. The highest BCUT2D eigenvalue weighted by molar-refractivity contribution is 7.89. The molecule has 2 aromatic carbocycles. The number of carbonyl (C=O) groups excluding carboxylic acids is 1. The molecule has 2 aromatic rings. The van der Waals surface area contributed by atoms with E-state index in [4.69, 9.17) is 11.6 Å². The number of anilines is 1. The Bertz CT molecular complexity index is 871. The van der Waals surface area contributed by atoms with Crippen molar-refractivity contribution in [1.29, 1.82) is 0 Å². The summed E-state index contributed by atoms with van der Waals surface area (Å²) < 4.78 is 27.4. The summed E-state index contributed by atoms with van der Waals surface area (Å²) in [5.41, 5.74) is 0.607. The molecule has 0 bridgehead atoms. The lowest BCUT2D eigenvalue weighted by atomic mass is 10.0. The average molecular weight is 393 g/mol. The normalized spacial score (nSPS) is 18.4. The second kappa shape index (κ2) is 8.20. The number of hydrogen-bond acceptors (Lipinski definition) is 3. The van der Waals surface area contributed by atoms with Crippen molar-refractivity contribution in [3.63, 3.8) is 0 Å². The zero-order valence-corrected chi connectivity index (χ0v) is 15.8. The fourth-order valence-electron chi connectivity index (χ4n) is 3.21. The molecule has 0 spiro atoms. The molecule has 1 N–H and O–H groups in total. The molecule has 138 valence electrons. The van der Waals surface area contributed by atoms with E-state index >= 15 is 0 Å². The lowest BCUT2D eigenvalue weighted by Crippen LogP contribution is -2.45. The Morgan fingerprint density at radius 3 is 2.62 bits per heavy atom. The van der Waals surface area contributed by atoms with Gasteiger partial charge in [-0.05, 0) is 43.2 Å². The van der Waals surface area contributed by atoms with Crippen LogP contribution in [-0.4, -0.2) is 31.2 Å². The molecule has 3 rings (SSSR count). The van der Waals surface area contributed by atoms with E-state index < -0.39 is 10.0 Å². The van der Waals surface area contributed by atoms with Gasteiger partial charge in [-0.2, -0.15) is 4.31 Å². The Balaban J connectivity index is 1.74. The SMILES string of the molecule is O=C(C[C@H]1CCCCN1S(=O)(=O)c1ccccc1)Nc1cccc(Cl)c1. The lowest BCUT2D eigenvalue weighted by Gasteiger charge is -2.34. The van der Waals surface area contributed by atoms with Crippen molar-refractivity contribution in [2.24, 2.45) is 0 Å². The van der Waals surface area contributed by atoms with Crippen LogP contribution in [0.5, 0.6) is 0 Å². The van der Waals surface area contributed by atoms with Crippen molar-refractivity contribution >= 4 is 33.2 Å². The Hall–Kier alpha value is -1.89. The van der Waals surface area contributed by atoms with Gasteiger partial charge in [-0.25, -0.2) is 8.42 Å². The van der Waals surface area contributed by atoms with E-state index in [1.54, 1.807) is 54.6 Å². The van der Waals surface area contributed by atoms with Crippen molar-refractivity contribution in [2.75, 3.05) is 11.9 Å². The highest BCUT2D eigenvalue weighted by Crippen LogP contribution is 2.27. The first-order valence-electron chi connectivity index (χ1n) is 8.59. The molecule has 1 amide bonds. The molecule has 0 aromatic heterocycles. The third-order valence-electron chi connectivity index (χ3n) is 4.45. The van der Waals surface area contributed by atoms with E-state index in [0.29, 0.717) is 23.7 Å². The van der Waals surface area contributed by atoms with E-state index in [-0.39, 0.29) is 23.3 Å². The molecule has 0 radical (unpaired) electrons. The maximum Gasteiger partial charge on any atom is 0.243 e. The van der Waals surface area contributed by atoms with E-state index in [9.17, 15) is 13.2 Å². The standard InChI is InChI=1S/C19H21ClN2O3S/c20-15-7-6-8-16(13-15)21-19(23)14-17-9-4-5-12-22(17)26(24,25)18-10-2-1-3-11-18/h1-3,6-8,10-11,13,17H,4-5,9,12,14H2,(H,21,23)/t17-/m1/s1. The van der Waals surface area contributed by atoms with Gasteiger partial charge < -0.3 is 5.32 Å². The van der Waals surface area contributed by atoms with Crippen LogP contribution < -0.4 is 5.32 Å². The minimum atomic E-state index is -3.60. The van der Waals surface area contributed by atoms with Crippen molar-refractivity contribution in [3.05, 3.63) is 59.6 Å². The summed E-state index contributed by atoms with van der Waals surface area (Å²) in [5, 5.41) is 3.33. The van der Waals surface area contributed by atoms with Gasteiger partial charge in [0.15, 0.2) is 0 Å². The van der Waals surface area contributed by atoms with Gasteiger partial charge in [0, 0.05) is 29.7 Å². The predicted octanol–water partition coefficient (Wildman–Crippen LogP) is 3.91. The number of piperidine rings is 1. The van der Waals surface area contributed by atoms with E-state index in [1.165, 1.54) is 4.31 Å². The van der Waals surface area contributed by atoms with Crippen LogP contribution in [0.3, 0.4) is 0 Å². The van der Waals surface area contributed by atoms with Crippen LogP contribution in [0.15, 0.2) is 59.5 Å². The van der Waals surface area contributed by atoms with E-state index in [0.717, 1.165) is 12.8 Å². The van der Waals surface area contributed by atoms with Crippen LogP contribution in [0.1, 0.15) is 25.7 Å². The molecule has 26 heavy (non-hydrogen) atoms. The van der Waals surface area contributed by atoms with Crippen molar-refractivity contribution < 1.29 is 13.2 Å². The Kier molecular flexibility index (Phi) is 5.96. The highest BCUT2D eigenvalue weighted by atomic mass is 35.5. The lowest BCUT2D eigenvalue weighted by molar-refractivity contribution is -0.117. The van der Waals surface area contributed by atoms with Crippen LogP contribution in [0, 0.1) is 0 Å². The van der Waals surface area contributed by atoms with Crippen LogP contribution in [-0.2, 0) is 14.8 Å². The van der Waals surface area contributed by atoms with Crippen LogP contribution >= 0.6 is 11.6 Å². The molecule has 1 atom stereocenters. The Morgan fingerprint density at radius 2 is 1.88 bits per heavy atom. The number of benzene rings is 2. The maximum absolute atomic E-state index is 13.0. The first-order valence-corrected chi connectivity index (χ1v) is 10.4. The molecule has 1 aliphatic rings. The molecule has 0 saturated carbocycles. The summed E-state index contributed by atoms with van der Waals surface area (Å²) in [5.74, 6) is -0.215. The summed E-state index contributed by atoms with van der Waals surface area (Å²) in [6.45, 7) is 0.437. The molecule has 1 saturated heterocycles. The number of nitrogens with one attached hydrogen (secondary N) is 1. The summed E-state index contributed by atoms with van der Waals surface area (Å²) in [6.07, 6.45) is 2.52. The first kappa shape index (κ1) is 18.9. The molecule has 0 unspecified atom stereocenters. The summed E-state index contributed by atoms with van der Waals surface area (Å²) >= 11 is 5.93. The summed E-state index contributed by atoms with van der Waals surface area (Å²) in [6, 6.07) is 14.9. The van der Waals surface area contributed by atoms with Gasteiger partial charge in [-0.15, -0.1) is 0 Å². The van der Waals surface area contributed by atoms with Gasteiger partial charge in [0.1, 0.15) is 0 Å². The molecular weight excluding hydrogens is 372 g/mol. The maximum atomic E-state index is 13.0. The van der Waals surface area contributed by atoms with Crippen molar-refractivity contribution in [2.45, 2.75) is 36.6 Å². The van der Waals surface area contributed by atoms with E-state index in [2.05, 4.69) is 5.32 Å². The molecular formula is C19H21ClN2O3S. The van der Waals surface area contributed by atoms with Gasteiger partial charge in [-0.3, -0.25) is 4.79 Å². The fraction of sp³-hybridized carbons (Fsp3) is 0.316. The van der Waals surface area contributed by atoms with Gasteiger partial charge >= 0.3 is 0 Å². The number of rotatable bonds is 5. The first-order chi connectivity index (χ1) is 12.5. The molecule has 0 aliphatic carbocycles. The van der Waals surface area contributed by atoms with Gasteiger partial charge in [-0.1, -0.05) is 42.3 Å². The number of nitrogens with zero attached hydrogens (tertiary/aromatic N) is 1. The molecule has 1 heterocycles. The number of hydrogen-bond donors (Lipinski definition) is 1. The fourth-order valence-corrected chi connectivity index (χ4v) is 5.12. The number of amides is 1. The van der Waals surface area contributed by atoms with Crippen LogP contribution in [0.25, 0.3) is 0 Å². The number of sulfonamides is 1. The average Bonchev–Trinajstić information content (AvgIpc) is 2.63. The smallest absolute Gasteiger partial charge is 0.243 e. The molecule has 1 fully saturated rings. The Morgan fingerprint density at radius 1 is 1.12 bits per heavy atom. The zero-order valence-electron chi connectivity index (χ0n) is 14.3. The minimum Gasteiger partial charge on any atom is -0.326 e. The van der Waals surface area contributed by atoms with E-state index in [1.807, 2.05) is 0 Å². The second-order valence-corrected chi connectivity index (χ2v) is 8.67. The second-order valence-electron chi connectivity index (χ2n) is 6.34. The zero-order chi connectivity index (χ0) is 18.6. The number of carbonyl (C=O) groups is 1. The van der Waals surface area contributed by atoms with Crippen molar-refractivity contribution in [3.8, 4) is 0 Å². The van der Waals surface area contributed by atoms with Gasteiger partial charge in [0.2, 0.25) is 15.9 Å². The van der Waals surface area contributed by atoms with Gasteiger partial charge in [0.05, 0.1) is 4.90 Å². The number of halogens is 1. The monoisotopic (exact) mass is 392 g/mol. The minimum absolute atomic E-state index is 0.124. The van der Waals surface area contributed by atoms with Crippen LogP contribution in [0.4, 0.5) is 5.69 Å². The third-order valence-corrected chi connectivity index (χ3v) is 6.65. The molecule has 7 heteroatoms. The topological polar surface area (TPSA) is 66.5 Å². The third kappa shape index (κ3) is 4.44.